The van der Waals surface area contributed by atoms with Crippen LogP contribution >= 0.6 is 22.9 Å². The minimum absolute atomic E-state index is 0.0417. The van der Waals surface area contributed by atoms with Crippen LogP contribution in [0, 0.1) is 0 Å². The van der Waals surface area contributed by atoms with E-state index in [9.17, 15) is 22.8 Å². The third-order valence-corrected chi connectivity index (χ3v) is 6.09. The Hall–Kier alpha value is -2.91. The quantitative estimate of drug-likeness (QED) is 0.369. The maximum absolute atomic E-state index is 12.6. The number of hydrazone groups is 1. The number of halogens is 4. The fraction of sp³-hybridized carbons (Fsp3) is 0.190. The number of anilines is 1. The van der Waals surface area contributed by atoms with Crippen molar-refractivity contribution in [2.24, 2.45) is 5.10 Å². The van der Waals surface area contributed by atoms with Gasteiger partial charge in [0.1, 0.15) is 4.88 Å². The van der Waals surface area contributed by atoms with Gasteiger partial charge >= 0.3 is 12.1 Å². The number of alkyl halides is 3. The lowest BCUT2D eigenvalue weighted by atomic mass is 10.1. The Morgan fingerprint density at radius 1 is 1.16 bits per heavy atom. The second-order valence-corrected chi connectivity index (χ2v) is 8.03. The van der Waals surface area contributed by atoms with Gasteiger partial charge in [-0.1, -0.05) is 42.8 Å². The van der Waals surface area contributed by atoms with Crippen molar-refractivity contribution >= 4 is 56.2 Å². The first kappa shape index (κ1) is 22.8. The monoisotopic (exact) mass is 467 g/mol. The van der Waals surface area contributed by atoms with Gasteiger partial charge in [0.15, 0.2) is 0 Å². The van der Waals surface area contributed by atoms with Crippen LogP contribution < -0.4 is 10.7 Å². The van der Waals surface area contributed by atoms with Crippen molar-refractivity contribution in [2.45, 2.75) is 26.4 Å². The minimum atomic E-state index is -4.99. The number of carbonyl (C=O) groups excluding carboxylic acids is 2. The highest BCUT2D eigenvalue weighted by molar-refractivity contribution is 7.21. The molecule has 1 heterocycles. The van der Waals surface area contributed by atoms with Gasteiger partial charge in [0.05, 0.1) is 10.7 Å². The molecule has 1 aromatic heterocycles. The molecular weight excluding hydrogens is 451 g/mol. The van der Waals surface area contributed by atoms with Crippen LogP contribution in [0.3, 0.4) is 0 Å². The first-order chi connectivity index (χ1) is 14.6. The first-order valence-corrected chi connectivity index (χ1v) is 10.3. The Labute approximate surface area is 184 Å². The fourth-order valence-corrected chi connectivity index (χ4v) is 4.22. The van der Waals surface area contributed by atoms with Crippen molar-refractivity contribution in [3.05, 3.63) is 63.5 Å². The molecule has 0 aliphatic carbocycles. The number of thiophene rings is 1. The average molecular weight is 468 g/mol. The van der Waals surface area contributed by atoms with E-state index in [0.29, 0.717) is 21.2 Å². The molecule has 2 amide bonds. The van der Waals surface area contributed by atoms with Gasteiger partial charge in [0, 0.05) is 15.8 Å². The number of aryl methyl sites for hydroxylation is 1. The van der Waals surface area contributed by atoms with Crippen LogP contribution in [0.4, 0.5) is 18.9 Å². The minimum Gasteiger partial charge on any atom is -0.318 e. The van der Waals surface area contributed by atoms with E-state index in [0.717, 1.165) is 22.1 Å². The highest BCUT2D eigenvalue weighted by Gasteiger charge is 2.38. The van der Waals surface area contributed by atoms with Gasteiger partial charge in [-0.25, -0.2) is 5.43 Å². The van der Waals surface area contributed by atoms with Gasteiger partial charge in [0.2, 0.25) is 0 Å². The van der Waals surface area contributed by atoms with Crippen molar-refractivity contribution in [3.8, 4) is 0 Å². The Bertz CT molecular complexity index is 1190. The first-order valence-electron chi connectivity index (χ1n) is 9.14. The van der Waals surface area contributed by atoms with Crippen molar-refractivity contribution in [2.75, 3.05) is 5.32 Å². The number of nitrogens with zero attached hydrogens (tertiary/aromatic N) is 1. The largest absolute Gasteiger partial charge is 0.471 e. The van der Waals surface area contributed by atoms with Gasteiger partial charge in [0.25, 0.3) is 5.91 Å². The van der Waals surface area contributed by atoms with E-state index in [1.54, 1.807) is 18.3 Å². The Morgan fingerprint density at radius 3 is 2.58 bits per heavy atom. The molecule has 0 saturated heterocycles. The predicted octanol–water partition coefficient (Wildman–Crippen LogP) is 5.77. The lowest BCUT2D eigenvalue weighted by molar-refractivity contribution is -0.167. The zero-order valence-corrected chi connectivity index (χ0v) is 18.0. The molecule has 31 heavy (non-hydrogen) atoms. The third-order valence-electron chi connectivity index (χ3n) is 4.43. The zero-order chi connectivity index (χ0) is 22.8. The summed E-state index contributed by atoms with van der Waals surface area (Å²) in [6.07, 6.45) is -4.13. The molecule has 0 spiro atoms. The molecule has 0 saturated carbocycles. The van der Waals surface area contributed by atoms with Crippen LogP contribution in [0.2, 0.25) is 5.02 Å². The number of hydrogen-bond acceptors (Lipinski definition) is 4. The molecule has 5 nitrogen and oxygen atoms in total. The summed E-state index contributed by atoms with van der Waals surface area (Å²) in [6, 6.07) is 11.5. The van der Waals surface area contributed by atoms with E-state index < -0.39 is 18.0 Å². The van der Waals surface area contributed by atoms with Crippen LogP contribution in [-0.4, -0.2) is 23.7 Å². The maximum atomic E-state index is 12.6. The van der Waals surface area contributed by atoms with E-state index in [4.69, 9.17) is 11.6 Å². The van der Waals surface area contributed by atoms with Crippen LogP contribution in [0.15, 0.2) is 47.6 Å². The molecule has 10 heteroatoms. The number of nitrogens with one attached hydrogen (secondary N) is 2. The molecular formula is C21H17ClF3N3O2S. The van der Waals surface area contributed by atoms with Gasteiger partial charge < -0.3 is 5.32 Å². The highest BCUT2D eigenvalue weighted by Crippen LogP contribution is 2.36. The summed E-state index contributed by atoms with van der Waals surface area (Å²) in [7, 11) is 0. The fourth-order valence-electron chi connectivity index (χ4n) is 2.75. The molecule has 2 aromatic carbocycles. The summed E-state index contributed by atoms with van der Waals surface area (Å²) >= 11 is 7.61. The lowest BCUT2D eigenvalue weighted by Crippen LogP contribution is -2.29. The number of fused-ring (bicyclic) bond motifs is 1. The summed E-state index contributed by atoms with van der Waals surface area (Å²) in [5.74, 6) is -2.57. The van der Waals surface area contributed by atoms with Crippen LogP contribution in [0.5, 0.6) is 0 Å². The summed E-state index contributed by atoms with van der Waals surface area (Å²) in [5.41, 5.74) is 4.27. The molecule has 0 unspecified atom stereocenters. The number of rotatable bonds is 5. The van der Waals surface area contributed by atoms with Crippen molar-refractivity contribution in [1.82, 2.24) is 5.43 Å². The number of hydrogen-bond donors (Lipinski definition) is 2. The molecule has 0 atom stereocenters. The number of amides is 2. The Balaban J connectivity index is 1.77. The van der Waals surface area contributed by atoms with E-state index in [1.165, 1.54) is 29.5 Å². The third kappa shape index (κ3) is 5.23. The Kier molecular flexibility index (Phi) is 6.66. The van der Waals surface area contributed by atoms with Gasteiger partial charge in [-0.2, -0.15) is 18.3 Å². The summed E-state index contributed by atoms with van der Waals surface area (Å²) in [6.45, 7) is 3.61. The van der Waals surface area contributed by atoms with E-state index in [1.807, 2.05) is 25.1 Å². The lowest BCUT2D eigenvalue weighted by Gasteiger charge is -2.09. The molecule has 0 aliphatic rings. The van der Waals surface area contributed by atoms with Crippen LogP contribution in [0.25, 0.3) is 10.1 Å². The number of carbonyl (C=O) groups is 2. The second kappa shape index (κ2) is 9.07. The predicted molar refractivity (Wildman–Crippen MR) is 117 cm³/mol. The maximum Gasteiger partial charge on any atom is 0.471 e. The molecule has 3 rings (SSSR count). The molecule has 0 bridgehead atoms. The van der Waals surface area contributed by atoms with E-state index in [2.05, 4.69) is 10.5 Å². The molecule has 0 fully saturated rings. The van der Waals surface area contributed by atoms with Crippen LogP contribution in [0.1, 0.15) is 34.6 Å². The SMILES string of the molecule is CCc1ccc2c(Cl)c(C(=O)N/N=C(\C)c3cccc(NC(=O)C(F)(F)F)c3)sc2c1. The highest BCUT2D eigenvalue weighted by atomic mass is 35.5. The van der Waals surface area contributed by atoms with Crippen molar-refractivity contribution < 1.29 is 22.8 Å². The zero-order valence-electron chi connectivity index (χ0n) is 16.4. The topological polar surface area (TPSA) is 70.6 Å². The van der Waals surface area contributed by atoms with E-state index in [-0.39, 0.29) is 5.69 Å². The smallest absolute Gasteiger partial charge is 0.318 e. The summed E-state index contributed by atoms with van der Waals surface area (Å²) in [5, 5.41) is 6.91. The van der Waals surface area contributed by atoms with Crippen LogP contribution in [-0.2, 0) is 11.2 Å². The number of benzene rings is 2. The normalized spacial score (nSPS) is 12.1. The molecule has 3 aromatic rings. The molecule has 162 valence electrons. The molecule has 0 radical (unpaired) electrons. The summed E-state index contributed by atoms with van der Waals surface area (Å²) in [4.78, 5) is 24.0. The average Bonchev–Trinajstić information content (AvgIpc) is 3.07. The molecule has 0 aliphatic heterocycles. The standard InChI is InChI=1S/C21H17ClF3N3O2S/c1-3-12-7-8-15-16(9-12)31-18(17(15)22)19(29)28-27-11(2)13-5-4-6-14(10-13)26-20(30)21(23,24)25/h4-10H,3H2,1-2H3,(H,26,30)(H,28,29)/b27-11+. The summed E-state index contributed by atoms with van der Waals surface area (Å²) < 4.78 is 38.2. The van der Waals surface area contributed by atoms with Gasteiger partial charge in [-0.05, 0) is 42.7 Å². The second-order valence-electron chi connectivity index (χ2n) is 6.60. The van der Waals surface area contributed by atoms with E-state index >= 15 is 0 Å². The van der Waals surface area contributed by atoms with Crippen molar-refractivity contribution in [3.63, 3.8) is 0 Å². The van der Waals surface area contributed by atoms with Gasteiger partial charge in [-0.3, -0.25) is 9.59 Å². The van der Waals surface area contributed by atoms with Crippen molar-refractivity contribution in [1.29, 1.82) is 0 Å². The van der Waals surface area contributed by atoms with Gasteiger partial charge in [-0.15, -0.1) is 11.3 Å². The molecule has 2 N–H and O–H groups in total. The Morgan fingerprint density at radius 2 is 1.90 bits per heavy atom.